The largest absolute Gasteiger partial charge is 0.497 e. The van der Waals surface area contributed by atoms with Crippen molar-refractivity contribution < 1.29 is 23.4 Å². The van der Waals surface area contributed by atoms with Crippen molar-refractivity contribution >= 4 is 11.9 Å². The Morgan fingerprint density at radius 2 is 1.88 bits per heavy atom. The van der Waals surface area contributed by atoms with Gasteiger partial charge >= 0.3 is 5.97 Å². The first-order valence-electron chi connectivity index (χ1n) is 10.6. The highest BCUT2D eigenvalue weighted by molar-refractivity contribution is 5.90. The van der Waals surface area contributed by atoms with Crippen molar-refractivity contribution in [3.8, 4) is 11.5 Å². The first-order valence-corrected chi connectivity index (χ1v) is 10.6. The van der Waals surface area contributed by atoms with Gasteiger partial charge in [-0.2, -0.15) is 0 Å². The molecule has 2 aromatic rings. The van der Waals surface area contributed by atoms with Crippen LogP contribution in [0.2, 0.25) is 0 Å². The molecule has 2 heterocycles. The maximum Gasteiger partial charge on any atom is 0.341 e. The molecule has 1 aliphatic heterocycles. The summed E-state index contributed by atoms with van der Waals surface area (Å²) in [7, 11) is 6.48. The number of piperazine rings is 1. The molecule has 1 aromatic heterocycles. The first-order chi connectivity index (χ1) is 15.5. The number of rotatable bonds is 7. The van der Waals surface area contributed by atoms with Crippen LogP contribution in [0.3, 0.4) is 0 Å². The molecule has 0 bridgehead atoms. The highest BCUT2D eigenvalue weighted by atomic mass is 16.5. The van der Waals surface area contributed by atoms with Crippen molar-refractivity contribution in [1.82, 2.24) is 15.1 Å². The lowest BCUT2D eigenvalue weighted by Gasteiger charge is -2.36. The topological polar surface area (TPSA) is 88.8 Å². The van der Waals surface area contributed by atoms with Crippen LogP contribution in [-0.4, -0.2) is 76.3 Å². The number of benzene rings is 1. The number of aryl methyl sites for hydroxylation is 1. The zero-order chi connectivity index (χ0) is 23.1. The highest BCUT2D eigenvalue weighted by Crippen LogP contribution is 2.25. The molecule has 174 valence electrons. The van der Waals surface area contributed by atoms with E-state index >= 15 is 0 Å². The summed E-state index contributed by atoms with van der Waals surface area (Å²) in [6.07, 6.45) is 0. The van der Waals surface area contributed by atoms with Crippen LogP contribution in [0.25, 0.3) is 0 Å². The molecule has 9 heteroatoms. The van der Waals surface area contributed by atoms with Gasteiger partial charge in [-0.25, -0.2) is 4.79 Å². The number of nitrogens with one attached hydrogen (secondary N) is 1. The molecule has 9 nitrogen and oxygen atoms in total. The maximum absolute atomic E-state index is 11.8. The average molecular weight is 445 g/mol. The Kier molecular flexibility index (Phi) is 7.99. The number of aliphatic imine (C=N–C) groups is 1. The zero-order valence-electron chi connectivity index (χ0n) is 19.4. The van der Waals surface area contributed by atoms with Crippen LogP contribution in [0, 0.1) is 6.92 Å². The van der Waals surface area contributed by atoms with Gasteiger partial charge in [0.15, 0.2) is 5.96 Å². The van der Waals surface area contributed by atoms with E-state index in [1.807, 2.05) is 18.2 Å². The molecular weight excluding hydrogens is 412 g/mol. The first kappa shape index (κ1) is 23.5. The van der Waals surface area contributed by atoms with E-state index in [1.165, 1.54) is 7.11 Å². The summed E-state index contributed by atoms with van der Waals surface area (Å²) in [6.45, 7) is 6.46. The molecule has 0 amide bonds. The maximum atomic E-state index is 11.8. The van der Waals surface area contributed by atoms with Gasteiger partial charge in [0, 0.05) is 45.3 Å². The highest BCUT2D eigenvalue weighted by Gasteiger charge is 2.22. The molecule has 0 radical (unpaired) electrons. The standard InChI is InChI=1S/C23H32N4O5/c1-16-20(22(28)31-5)13-19(32-16)14-25-23(24-2)27-10-8-26(9-11-27)15-17-12-18(29-3)6-7-21(17)30-4/h6-7,12-13H,8-11,14-15H2,1-5H3,(H,24,25). The molecule has 1 saturated heterocycles. The van der Waals surface area contributed by atoms with Crippen LogP contribution in [-0.2, 0) is 17.8 Å². The number of nitrogens with zero attached hydrogens (tertiary/aromatic N) is 3. The lowest BCUT2D eigenvalue weighted by molar-refractivity contribution is 0.0599. The van der Waals surface area contributed by atoms with E-state index in [-0.39, 0.29) is 0 Å². The minimum absolute atomic E-state index is 0.398. The summed E-state index contributed by atoms with van der Waals surface area (Å²) in [6, 6.07) is 7.59. The second-order valence-electron chi connectivity index (χ2n) is 7.52. The van der Waals surface area contributed by atoms with Crippen LogP contribution >= 0.6 is 0 Å². The fraction of sp³-hybridized carbons (Fsp3) is 0.478. The van der Waals surface area contributed by atoms with E-state index in [0.717, 1.165) is 55.7 Å². The van der Waals surface area contributed by atoms with Crippen molar-refractivity contribution in [2.24, 2.45) is 4.99 Å². The molecule has 0 spiro atoms. The van der Waals surface area contributed by atoms with Gasteiger partial charge in [-0.1, -0.05) is 0 Å². The quantitative estimate of drug-likeness (QED) is 0.395. The van der Waals surface area contributed by atoms with Gasteiger partial charge < -0.3 is 28.8 Å². The normalized spacial score (nSPS) is 14.9. The van der Waals surface area contributed by atoms with Gasteiger partial charge in [0.2, 0.25) is 0 Å². The van der Waals surface area contributed by atoms with E-state index in [1.54, 1.807) is 34.3 Å². The Morgan fingerprint density at radius 1 is 1.12 bits per heavy atom. The van der Waals surface area contributed by atoms with Gasteiger partial charge in [0.05, 0.1) is 27.9 Å². The SMILES string of the molecule is CN=C(NCc1cc(C(=O)OC)c(C)o1)N1CCN(Cc2cc(OC)ccc2OC)CC1. The predicted molar refractivity (Wildman–Crippen MR) is 121 cm³/mol. The van der Waals surface area contributed by atoms with Crippen molar-refractivity contribution in [3.63, 3.8) is 0 Å². The lowest BCUT2D eigenvalue weighted by Crippen LogP contribution is -2.52. The van der Waals surface area contributed by atoms with Crippen molar-refractivity contribution in [1.29, 1.82) is 0 Å². The number of guanidine groups is 1. The van der Waals surface area contributed by atoms with Crippen LogP contribution in [0.5, 0.6) is 11.5 Å². The van der Waals surface area contributed by atoms with E-state index < -0.39 is 5.97 Å². The summed E-state index contributed by atoms with van der Waals surface area (Å²) >= 11 is 0. The molecule has 1 fully saturated rings. The number of esters is 1. The minimum Gasteiger partial charge on any atom is -0.497 e. The summed E-state index contributed by atoms with van der Waals surface area (Å²) in [5, 5.41) is 3.33. The van der Waals surface area contributed by atoms with E-state index in [2.05, 4.69) is 20.1 Å². The Balaban J connectivity index is 1.54. The fourth-order valence-corrected chi connectivity index (χ4v) is 3.81. The Labute approximate surface area is 188 Å². The molecular formula is C23H32N4O5. The molecule has 3 rings (SSSR count). The molecule has 0 saturated carbocycles. The lowest BCUT2D eigenvalue weighted by atomic mass is 10.1. The van der Waals surface area contributed by atoms with Gasteiger partial charge in [-0.15, -0.1) is 0 Å². The number of hydrogen-bond donors (Lipinski definition) is 1. The summed E-state index contributed by atoms with van der Waals surface area (Å²) in [5.41, 5.74) is 1.55. The molecule has 32 heavy (non-hydrogen) atoms. The Morgan fingerprint density at radius 3 is 2.50 bits per heavy atom. The number of furan rings is 1. The van der Waals surface area contributed by atoms with E-state index in [4.69, 9.17) is 18.6 Å². The summed E-state index contributed by atoms with van der Waals surface area (Å²) < 4.78 is 21.3. The zero-order valence-corrected chi connectivity index (χ0v) is 19.4. The molecule has 0 aliphatic carbocycles. The second-order valence-corrected chi connectivity index (χ2v) is 7.52. The molecule has 1 aromatic carbocycles. The number of methoxy groups -OCH3 is 3. The van der Waals surface area contributed by atoms with E-state index in [9.17, 15) is 4.79 Å². The molecule has 1 N–H and O–H groups in total. The number of carbonyl (C=O) groups excluding carboxylic acids is 1. The fourth-order valence-electron chi connectivity index (χ4n) is 3.81. The average Bonchev–Trinajstić information content (AvgIpc) is 3.20. The van der Waals surface area contributed by atoms with Gasteiger partial charge in [0.25, 0.3) is 0 Å². The second kappa shape index (κ2) is 10.9. The third-order valence-corrected chi connectivity index (χ3v) is 5.56. The van der Waals surface area contributed by atoms with Crippen molar-refractivity contribution in [3.05, 3.63) is 46.9 Å². The predicted octanol–water partition coefficient (Wildman–Crippen LogP) is 2.29. The van der Waals surface area contributed by atoms with Crippen molar-refractivity contribution in [2.45, 2.75) is 20.0 Å². The molecule has 1 aliphatic rings. The monoisotopic (exact) mass is 444 g/mol. The third kappa shape index (κ3) is 5.53. The third-order valence-electron chi connectivity index (χ3n) is 5.56. The Bertz CT molecular complexity index is 948. The Hall–Kier alpha value is -3.20. The van der Waals surface area contributed by atoms with Crippen LogP contribution < -0.4 is 14.8 Å². The number of ether oxygens (including phenoxy) is 3. The van der Waals surface area contributed by atoms with Crippen LogP contribution in [0.1, 0.15) is 27.4 Å². The number of carbonyl (C=O) groups is 1. The molecule has 0 unspecified atom stereocenters. The smallest absolute Gasteiger partial charge is 0.341 e. The minimum atomic E-state index is -0.398. The van der Waals surface area contributed by atoms with Crippen LogP contribution in [0.4, 0.5) is 0 Å². The van der Waals surface area contributed by atoms with Gasteiger partial charge in [-0.05, 0) is 31.2 Å². The van der Waals surface area contributed by atoms with Gasteiger partial charge in [0.1, 0.15) is 28.6 Å². The summed E-state index contributed by atoms with van der Waals surface area (Å²) in [5.74, 6) is 3.30. The van der Waals surface area contributed by atoms with Gasteiger partial charge in [-0.3, -0.25) is 9.89 Å². The summed E-state index contributed by atoms with van der Waals surface area (Å²) in [4.78, 5) is 20.8. The van der Waals surface area contributed by atoms with E-state index in [0.29, 0.717) is 23.6 Å². The number of hydrogen-bond acceptors (Lipinski definition) is 7. The molecule has 0 atom stereocenters. The van der Waals surface area contributed by atoms with Crippen LogP contribution in [0.15, 0.2) is 33.7 Å². The van der Waals surface area contributed by atoms with Crippen molar-refractivity contribution in [2.75, 3.05) is 54.6 Å².